The molecule has 0 radical (unpaired) electrons. The van der Waals surface area contributed by atoms with E-state index in [2.05, 4.69) is 37.6 Å². The summed E-state index contributed by atoms with van der Waals surface area (Å²) >= 11 is 0. The average Bonchev–Trinajstić information content (AvgIpc) is 2.81. The average molecular weight is 276 g/mol. The molecule has 1 fully saturated rings. The number of rotatable bonds is 2. The molecule has 112 valence electrons. The Morgan fingerprint density at radius 1 is 1.35 bits per heavy atom. The van der Waals surface area contributed by atoms with Crippen LogP contribution in [0.3, 0.4) is 0 Å². The molecule has 1 aliphatic carbocycles. The largest absolute Gasteiger partial charge is 0.381 e. The van der Waals surface area contributed by atoms with Gasteiger partial charge in [0.05, 0.1) is 0 Å². The molecule has 2 heterocycles. The minimum absolute atomic E-state index is 0.205. The second-order valence-electron chi connectivity index (χ2n) is 7.47. The second-order valence-corrected chi connectivity index (χ2v) is 7.47. The van der Waals surface area contributed by atoms with Gasteiger partial charge in [0.25, 0.3) is 0 Å². The van der Waals surface area contributed by atoms with E-state index in [-0.39, 0.29) is 6.04 Å². The van der Waals surface area contributed by atoms with Gasteiger partial charge in [0, 0.05) is 37.2 Å². The molecule has 3 nitrogen and oxygen atoms in total. The smallest absolute Gasteiger partial charge is 0.0469 e. The predicted molar refractivity (Wildman–Crippen MR) is 81.7 cm³/mol. The Morgan fingerprint density at radius 3 is 2.75 bits per heavy atom. The fourth-order valence-corrected chi connectivity index (χ4v) is 4.06. The Labute approximate surface area is 122 Å². The quantitative estimate of drug-likeness (QED) is 0.898. The Morgan fingerprint density at radius 2 is 2.05 bits per heavy atom. The van der Waals surface area contributed by atoms with Crippen molar-refractivity contribution in [3.8, 4) is 0 Å². The number of nitrogens with two attached hydrogens (primary N) is 1. The van der Waals surface area contributed by atoms with Gasteiger partial charge >= 0.3 is 0 Å². The van der Waals surface area contributed by atoms with Crippen LogP contribution < -0.4 is 5.73 Å². The maximum Gasteiger partial charge on any atom is 0.0469 e. The van der Waals surface area contributed by atoms with Crippen LogP contribution in [0.25, 0.3) is 0 Å². The third kappa shape index (κ3) is 2.53. The van der Waals surface area contributed by atoms with Crippen LogP contribution in [-0.4, -0.2) is 17.8 Å². The summed E-state index contributed by atoms with van der Waals surface area (Å²) in [6.07, 6.45) is 6.88. The highest BCUT2D eigenvalue weighted by Crippen LogP contribution is 2.42. The van der Waals surface area contributed by atoms with Crippen molar-refractivity contribution in [2.75, 3.05) is 13.2 Å². The summed E-state index contributed by atoms with van der Waals surface area (Å²) in [6.45, 7) is 8.88. The molecule has 1 saturated heterocycles. The summed E-state index contributed by atoms with van der Waals surface area (Å²) in [6, 6.07) is 3.02. The number of ether oxygens (including phenoxy) is 1. The Bertz CT molecular complexity index is 471. The third-order valence-electron chi connectivity index (χ3n) is 5.26. The highest BCUT2D eigenvalue weighted by Gasteiger charge is 2.34. The van der Waals surface area contributed by atoms with Crippen LogP contribution in [0.15, 0.2) is 12.3 Å². The van der Waals surface area contributed by atoms with Crippen molar-refractivity contribution in [1.29, 1.82) is 0 Å². The molecule has 2 aliphatic rings. The molecule has 0 spiro atoms. The number of hydrogen-bond acceptors (Lipinski definition) is 2. The van der Waals surface area contributed by atoms with Gasteiger partial charge in [-0.15, -0.1) is 0 Å². The van der Waals surface area contributed by atoms with E-state index in [9.17, 15) is 0 Å². The van der Waals surface area contributed by atoms with Gasteiger partial charge in [0.1, 0.15) is 0 Å². The molecule has 3 heteroatoms. The van der Waals surface area contributed by atoms with Crippen molar-refractivity contribution in [2.24, 2.45) is 17.1 Å². The Kier molecular flexibility index (Phi) is 3.67. The lowest BCUT2D eigenvalue weighted by Crippen LogP contribution is -2.32. The van der Waals surface area contributed by atoms with Crippen molar-refractivity contribution < 1.29 is 4.74 Å². The maximum absolute atomic E-state index is 6.38. The van der Waals surface area contributed by atoms with Crippen LogP contribution in [0, 0.1) is 11.3 Å². The zero-order valence-corrected chi connectivity index (χ0v) is 13.1. The summed E-state index contributed by atoms with van der Waals surface area (Å²) in [5.74, 6) is 0.738. The summed E-state index contributed by atoms with van der Waals surface area (Å²) in [7, 11) is 0. The number of fused-ring (bicyclic) bond motifs is 1. The first kappa shape index (κ1) is 14.2. The van der Waals surface area contributed by atoms with E-state index in [0.29, 0.717) is 11.5 Å². The molecule has 0 saturated carbocycles. The van der Waals surface area contributed by atoms with Crippen LogP contribution in [0.2, 0.25) is 0 Å². The van der Waals surface area contributed by atoms with Crippen molar-refractivity contribution in [3.05, 3.63) is 23.5 Å². The topological polar surface area (TPSA) is 40.2 Å². The zero-order chi connectivity index (χ0) is 14.3. The van der Waals surface area contributed by atoms with Gasteiger partial charge in [-0.25, -0.2) is 0 Å². The first-order chi connectivity index (χ1) is 9.48. The lowest BCUT2D eigenvalue weighted by molar-refractivity contribution is 0.0506. The van der Waals surface area contributed by atoms with Crippen LogP contribution in [-0.2, 0) is 11.2 Å². The molecule has 1 aromatic rings. The fraction of sp³-hybridized carbons (Fsp3) is 0.765. The van der Waals surface area contributed by atoms with Gasteiger partial charge in [-0.2, -0.15) is 0 Å². The van der Waals surface area contributed by atoms with Crippen LogP contribution >= 0.6 is 0 Å². The van der Waals surface area contributed by atoms with Gasteiger partial charge in [-0.3, -0.25) is 0 Å². The van der Waals surface area contributed by atoms with Crippen LogP contribution in [0.5, 0.6) is 0 Å². The van der Waals surface area contributed by atoms with E-state index in [0.717, 1.165) is 32.0 Å². The van der Waals surface area contributed by atoms with Crippen LogP contribution in [0.1, 0.15) is 63.4 Å². The minimum Gasteiger partial charge on any atom is -0.381 e. The van der Waals surface area contributed by atoms with E-state index in [4.69, 9.17) is 10.5 Å². The molecule has 1 aliphatic heterocycles. The van der Waals surface area contributed by atoms with Crippen LogP contribution in [0.4, 0.5) is 0 Å². The highest BCUT2D eigenvalue weighted by atomic mass is 16.5. The molecule has 0 amide bonds. The summed E-state index contributed by atoms with van der Waals surface area (Å²) < 4.78 is 8.01. The third-order valence-corrected chi connectivity index (χ3v) is 5.26. The van der Waals surface area contributed by atoms with Gasteiger partial charge in [0.15, 0.2) is 0 Å². The first-order valence-electron chi connectivity index (χ1n) is 8.01. The molecule has 2 atom stereocenters. The molecular formula is C17H28N2O. The van der Waals surface area contributed by atoms with Crippen molar-refractivity contribution in [2.45, 2.75) is 58.5 Å². The standard InChI is InChI=1S/C17H28N2O/c1-12(13-5-8-20-9-6-13)19-7-4-14-15(18)10-17(2,3)11-16(14)19/h4,7,12-13,15H,5-6,8-11,18H2,1-3H3. The van der Waals surface area contributed by atoms with E-state index in [1.54, 1.807) is 0 Å². The molecular weight excluding hydrogens is 248 g/mol. The number of hydrogen-bond donors (Lipinski definition) is 1. The number of aromatic nitrogens is 1. The molecule has 2 N–H and O–H groups in total. The minimum atomic E-state index is 0.205. The lowest BCUT2D eigenvalue weighted by atomic mass is 9.74. The zero-order valence-electron chi connectivity index (χ0n) is 13.1. The second kappa shape index (κ2) is 5.19. The Hall–Kier alpha value is -0.800. The van der Waals surface area contributed by atoms with Gasteiger partial charge in [0.2, 0.25) is 0 Å². The molecule has 0 aromatic carbocycles. The molecule has 0 bridgehead atoms. The van der Waals surface area contributed by atoms with Crippen molar-refractivity contribution >= 4 is 0 Å². The molecule has 2 unspecified atom stereocenters. The van der Waals surface area contributed by atoms with Crippen molar-refractivity contribution in [3.63, 3.8) is 0 Å². The lowest BCUT2D eigenvalue weighted by Gasteiger charge is -2.37. The monoisotopic (exact) mass is 276 g/mol. The van der Waals surface area contributed by atoms with E-state index in [1.165, 1.54) is 24.1 Å². The van der Waals surface area contributed by atoms with E-state index >= 15 is 0 Å². The van der Waals surface area contributed by atoms with Gasteiger partial charge in [-0.05, 0) is 55.6 Å². The normalized spacial score (nSPS) is 28.1. The molecule has 1 aromatic heterocycles. The SMILES string of the molecule is CC(C1CCOCC1)n1ccc2c1CC(C)(C)CC2N. The van der Waals surface area contributed by atoms with E-state index < -0.39 is 0 Å². The van der Waals surface area contributed by atoms with Gasteiger partial charge in [-0.1, -0.05) is 13.8 Å². The van der Waals surface area contributed by atoms with Gasteiger partial charge < -0.3 is 15.0 Å². The summed E-state index contributed by atoms with van der Waals surface area (Å²) in [4.78, 5) is 0. The first-order valence-corrected chi connectivity index (χ1v) is 8.01. The molecule has 20 heavy (non-hydrogen) atoms. The molecule has 3 rings (SSSR count). The Balaban J connectivity index is 1.88. The van der Waals surface area contributed by atoms with Crippen molar-refractivity contribution in [1.82, 2.24) is 4.57 Å². The predicted octanol–water partition coefficient (Wildman–Crippen LogP) is 3.45. The highest BCUT2D eigenvalue weighted by molar-refractivity contribution is 5.30. The maximum atomic E-state index is 6.38. The summed E-state index contributed by atoms with van der Waals surface area (Å²) in [5, 5.41) is 0. The van der Waals surface area contributed by atoms with E-state index in [1.807, 2.05) is 0 Å². The fourth-order valence-electron chi connectivity index (χ4n) is 4.06. The summed E-state index contributed by atoms with van der Waals surface area (Å²) in [5.41, 5.74) is 9.56. The number of nitrogens with zero attached hydrogens (tertiary/aromatic N) is 1.